The fourth-order valence-electron chi connectivity index (χ4n) is 3.39. The number of rotatable bonds is 5. The Morgan fingerprint density at radius 1 is 1.12 bits per heavy atom. The Morgan fingerprint density at radius 2 is 1.83 bits per heavy atom. The minimum Gasteiger partial charge on any atom is -0.377 e. The molecule has 1 aliphatic heterocycles. The molecule has 3 atom stereocenters. The van der Waals surface area contributed by atoms with Crippen LogP contribution in [0.2, 0.25) is 0 Å². The smallest absolute Gasteiger partial charge is 0.0678 e. The average Bonchev–Trinajstić information content (AvgIpc) is 2.56. The normalized spacial score (nSPS) is 23.0. The van der Waals surface area contributed by atoms with Crippen LogP contribution in [0.25, 0.3) is 0 Å². The first-order valence-electron chi connectivity index (χ1n) is 8.75. The van der Waals surface area contributed by atoms with Crippen molar-refractivity contribution < 1.29 is 4.74 Å². The van der Waals surface area contributed by atoms with Crippen LogP contribution in [0.3, 0.4) is 0 Å². The van der Waals surface area contributed by atoms with Crippen LogP contribution in [0.15, 0.2) is 48.7 Å². The molecular formula is C20H27N3O. The maximum atomic E-state index is 5.84. The lowest BCUT2D eigenvalue weighted by molar-refractivity contribution is -0.0704. The van der Waals surface area contributed by atoms with Crippen molar-refractivity contribution in [2.75, 3.05) is 18.4 Å². The van der Waals surface area contributed by atoms with Crippen LogP contribution >= 0.6 is 0 Å². The highest BCUT2D eigenvalue weighted by Crippen LogP contribution is 2.24. The predicted molar refractivity (Wildman–Crippen MR) is 98.0 cm³/mol. The summed E-state index contributed by atoms with van der Waals surface area (Å²) >= 11 is 0. The van der Waals surface area contributed by atoms with Crippen molar-refractivity contribution in [1.82, 2.24) is 9.88 Å². The first kappa shape index (κ1) is 16.9. The molecule has 24 heavy (non-hydrogen) atoms. The van der Waals surface area contributed by atoms with Crippen molar-refractivity contribution in [3.8, 4) is 0 Å². The van der Waals surface area contributed by atoms with Crippen molar-refractivity contribution in [2.24, 2.45) is 0 Å². The molecule has 0 amide bonds. The van der Waals surface area contributed by atoms with Crippen LogP contribution in [0.1, 0.15) is 38.1 Å². The number of pyridine rings is 1. The van der Waals surface area contributed by atoms with Gasteiger partial charge in [0.25, 0.3) is 0 Å². The molecule has 1 aliphatic rings. The number of ether oxygens (including phenoxy) is 1. The van der Waals surface area contributed by atoms with Gasteiger partial charge in [-0.1, -0.05) is 24.3 Å². The molecule has 0 unspecified atom stereocenters. The van der Waals surface area contributed by atoms with E-state index in [1.54, 1.807) is 0 Å². The average molecular weight is 325 g/mol. The van der Waals surface area contributed by atoms with E-state index in [4.69, 9.17) is 4.74 Å². The third kappa shape index (κ3) is 4.34. The predicted octanol–water partition coefficient (Wildman–Crippen LogP) is 3.86. The van der Waals surface area contributed by atoms with E-state index in [0.717, 1.165) is 25.3 Å². The van der Waals surface area contributed by atoms with E-state index in [-0.39, 0.29) is 6.04 Å². The number of hydrogen-bond acceptors (Lipinski definition) is 4. The fourth-order valence-corrected chi connectivity index (χ4v) is 3.39. The summed E-state index contributed by atoms with van der Waals surface area (Å²) in [7, 11) is 0. The second kappa shape index (κ2) is 7.77. The number of nitrogens with one attached hydrogen (secondary N) is 1. The van der Waals surface area contributed by atoms with Crippen LogP contribution in [0, 0.1) is 0 Å². The molecule has 3 rings (SSSR count). The van der Waals surface area contributed by atoms with E-state index in [2.05, 4.69) is 66.3 Å². The third-order valence-corrected chi connectivity index (χ3v) is 4.41. The Labute approximate surface area is 144 Å². The molecule has 0 radical (unpaired) electrons. The van der Waals surface area contributed by atoms with E-state index in [0.29, 0.717) is 12.2 Å². The van der Waals surface area contributed by atoms with Crippen LogP contribution in [-0.2, 0) is 11.3 Å². The molecule has 1 N–H and O–H groups in total. The van der Waals surface area contributed by atoms with Crippen molar-refractivity contribution in [2.45, 2.75) is 45.6 Å². The van der Waals surface area contributed by atoms with Crippen molar-refractivity contribution in [1.29, 1.82) is 0 Å². The monoisotopic (exact) mass is 325 g/mol. The quantitative estimate of drug-likeness (QED) is 0.906. The van der Waals surface area contributed by atoms with E-state index in [1.807, 2.05) is 18.3 Å². The topological polar surface area (TPSA) is 37.4 Å². The zero-order valence-electron chi connectivity index (χ0n) is 14.8. The lowest BCUT2D eigenvalue weighted by Crippen LogP contribution is -2.44. The van der Waals surface area contributed by atoms with Crippen LogP contribution in [0.4, 0.5) is 5.69 Å². The van der Waals surface area contributed by atoms with Crippen molar-refractivity contribution >= 4 is 5.69 Å². The lowest BCUT2D eigenvalue weighted by Gasteiger charge is -2.35. The highest BCUT2D eigenvalue weighted by atomic mass is 16.5. The van der Waals surface area contributed by atoms with E-state index in [1.165, 1.54) is 11.3 Å². The number of nitrogens with zero attached hydrogens (tertiary/aromatic N) is 2. The third-order valence-electron chi connectivity index (χ3n) is 4.41. The van der Waals surface area contributed by atoms with Gasteiger partial charge in [-0.25, -0.2) is 0 Å². The molecule has 1 fully saturated rings. The minimum absolute atomic E-state index is 0.176. The first-order valence-corrected chi connectivity index (χ1v) is 8.75. The van der Waals surface area contributed by atoms with Crippen LogP contribution < -0.4 is 5.32 Å². The number of benzene rings is 1. The Kier molecular flexibility index (Phi) is 5.48. The number of para-hydroxylation sites is 1. The molecule has 1 aromatic heterocycles. The summed E-state index contributed by atoms with van der Waals surface area (Å²) in [6.45, 7) is 9.35. The second-order valence-corrected chi connectivity index (χ2v) is 6.73. The Balaban J connectivity index is 1.71. The molecule has 0 aliphatic carbocycles. The van der Waals surface area contributed by atoms with Gasteiger partial charge >= 0.3 is 0 Å². The Bertz CT molecular complexity index is 636. The number of morpholine rings is 1. The van der Waals surface area contributed by atoms with Gasteiger partial charge < -0.3 is 10.1 Å². The Hall–Kier alpha value is -1.91. The molecule has 0 saturated carbocycles. The van der Waals surface area contributed by atoms with E-state index in [9.17, 15) is 0 Å². The van der Waals surface area contributed by atoms with E-state index >= 15 is 0 Å². The van der Waals surface area contributed by atoms with Crippen molar-refractivity contribution in [3.63, 3.8) is 0 Å². The van der Waals surface area contributed by atoms with Gasteiger partial charge in [0.15, 0.2) is 0 Å². The molecule has 2 aromatic rings. The largest absolute Gasteiger partial charge is 0.377 e. The summed E-state index contributed by atoms with van der Waals surface area (Å²) in [6, 6.07) is 14.8. The van der Waals surface area contributed by atoms with Crippen LogP contribution in [-0.4, -0.2) is 35.2 Å². The maximum Gasteiger partial charge on any atom is 0.0678 e. The molecule has 128 valence electrons. The summed E-state index contributed by atoms with van der Waals surface area (Å²) in [5.74, 6) is 0. The summed E-state index contributed by atoms with van der Waals surface area (Å²) < 4.78 is 5.84. The van der Waals surface area contributed by atoms with Gasteiger partial charge in [0.2, 0.25) is 0 Å². The van der Waals surface area contributed by atoms with Gasteiger partial charge in [-0.05, 0) is 44.5 Å². The summed E-state index contributed by atoms with van der Waals surface area (Å²) in [5.41, 5.74) is 3.56. The zero-order valence-corrected chi connectivity index (χ0v) is 14.8. The molecule has 0 bridgehead atoms. The van der Waals surface area contributed by atoms with Gasteiger partial charge in [0, 0.05) is 31.5 Å². The maximum absolute atomic E-state index is 5.84. The lowest BCUT2D eigenvalue weighted by atomic mass is 10.1. The highest BCUT2D eigenvalue weighted by molar-refractivity contribution is 5.52. The SMILES string of the molecule is C[C@@H]1CN(Cc2ccccc2N[C@H](C)c2ccccn2)C[C@H](C)O1. The minimum atomic E-state index is 0.176. The molecule has 4 nitrogen and oxygen atoms in total. The van der Waals surface area contributed by atoms with Crippen LogP contribution in [0.5, 0.6) is 0 Å². The second-order valence-electron chi connectivity index (χ2n) is 6.73. The summed E-state index contributed by atoms with van der Waals surface area (Å²) in [6.07, 6.45) is 2.43. The zero-order chi connectivity index (χ0) is 16.9. The van der Waals surface area contributed by atoms with E-state index < -0.39 is 0 Å². The standard InChI is InChI=1S/C20H27N3O/c1-15-12-23(13-16(2)24-15)14-18-8-4-5-10-20(18)22-17(3)19-9-6-7-11-21-19/h4-11,15-17,22H,12-14H2,1-3H3/t15-,16+,17-/m1/s1. The first-order chi connectivity index (χ1) is 11.6. The summed E-state index contributed by atoms with van der Waals surface area (Å²) in [4.78, 5) is 6.93. The number of aromatic nitrogens is 1. The van der Waals surface area contributed by atoms with Gasteiger partial charge in [-0.2, -0.15) is 0 Å². The molecule has 0 spiro atoms. The fraction of sp³-hybridized carbons (Fsp3) is 0.450. The molecule has 4 heteroatoms. The van der Waals surface area contributed by atoms with Gasteiger partial charge in [-0.15, -0.1) is 0 Å². The van der Waals surface area contributed by atoms with Gasteiger partial charge in [-0.3, -0.25) is 9.88 Å². The van der Waals surface area contributed by atoms with Gasteiger partial charge in [0.05, 0.1) is 23.9 Å². The number of anilines is 1. The molecule has 1 aromatic carbocycles. The van der Waals surface area contributed by atoms with Crippen molar-refractivity contribution in [3.05, 3.63) is 59.9 Å². The summed E-state index contributed by atoms with van der Waals surface area (Å²) in [5, 5.41) is 3.62. The molecule has 1 saturated heterocycles. The number of hydrogen-bond donors (Lipinski definition) is 1. The highest BCUT2D eigenvalue weighted by Gasteiger charge is 2.22. The molecular weight excluding hydrogens is 298 g/mol. The molecule has 2 heterocycles. The van der Waals surface area contributed by atoms with Gasteiger partial charge in [0.1, 0.15) is 0 Å². The Morgan fingerprint density at radius 3 is 2.54 bits per heavy atom.